The average Bonchev–Trinajstić information content (AvgIpc) is 2.92. The number of nitrogens with one attached hydrogen (secondary N) is 2. The topological polar surface area (TPSA) is 80.2 Å². The number of ether oxygens (including phenoxy) is 1. The van der Waals surface area contributed by atoms with Crippen LogP contribution in [-0.2, 0) is 14.3 Å². The van der Waals surface area contributed by atoms with E-state index in [9.17, 15) is 14.4 Å². The van der Waals surface area contributed by atoms with Crippen molar-refractivity contribution in [2.45, 2.75) is 32.7 Å². The Morgan fingerprint density at radius 2 is 2.29 bits per heavy atom. The van der Waals surface area contributed by atoms with E-state index in [0.717, 1.165) is 24.3 Å². The van der Waals surface area contributed by atoms with E-state index in [4.69, 9.17) is 4.74 Å². The zero-order chi connectivity index (χ0) is 15.4. The molecule has 0 aromatic heterocycles. The van der Waals surface area contributed by atoms with Crippen LogP contribution in [0.3, 0.4) is 0 Å². The van der Waals surface area contributed by atoms with Crippen molar-refractivity contribution in [3.05, 3.63) is 0 Å². The van der Waals surface area contributed by atoms with Gasteiger partial charge in [-0.25, -0.2) is 4.79 Å². The van der Waals surface area contributed by atoms with Crippen molar-refractivity contribution in [1.82, 2.24) is 10.2 Å². The van der Waals surface area contributed by atoms with Gasteiger partial charge in [0, 0.05) is 13.1 Å². The van der Waals surface area contributed by atoms with Crippen molar-refractivity contribution in [3.63, 3.8) is 0 Å². The number of urea groups is 1. The second kappa shape index (κ2) is 6.89. The lowest BCUT2D eigenvalue weighted by Crippen LogP contribution is -3.18. The number of amides is 3. The van der Waals surface area contributed by atoms with Gasteiger partial charge in [0.25, 0.3) is 5.91 Å². The summed E-state index contributed by atoms with van der Waals surface area (Å²) in [6, 6.07) is -0.628. The van der Waals surface area contributed by atoms with Crippen molar-refractivity contribution in [3.8, 4) is 0 Å². The molecular formula is C14H24N3O4+. The lowest BCUT2D eigenvalue weighted by Gasteiger charge is -2.33. The summed E-state index contributed by atoms with van der Waals surface area (Å²) in [4.78, 5) is 38.1. The Bertz CT molecular complexity index is 426. The molecule has 7 heteroatoms. The predicted octanol–water partition coefficient (Wildman–Crippen LogP) is -1.22. The van der Waals surface area contributed by atoms with E-state index >= 15 is 0 Å². The van der Waals surface area contributed by atoms with Crippen LogP contribution in [0.15, 0.2) is 0 Å². The number of hydrogen-bond donors (Lipinski definition) is 2. The molecule has 2 aliphatic rings. The van der Waals surface area contributed by atoms with Crippen LogP contribution in [0.25, 0.3) is 0 Å². The first-order valence-corrected chi connectivity index (χ1v) is 7.65. The van der Waals surface area contributed by atoms with Crippen LogP contribution in [0.2, 0.25) is 0 Å². The monoisotopic (exact) mass is 298 g/mol. The van der Waals surface area contributed by atoms with E-state index in [-0.39, 0.29) is 29.9 Å². The largest absolute Gasteiger partial charge is 0.466 e. The number of piperidine rings is 1. The van der Waals surface area contributed by atoms with Crippen molar-refractivity contribution in [2.24, 2.45) is 5.92 Å². The van der Waals surface area contributed by atoms with Crippen molar-refractivity contribution in [2.75, 3.05) is 32.8 Å². The Morgan fingerprint density at radius 1 is 1.52 bits per heavy atom. The van der Waals surface area contributed by atoms with Gasteiger partial charge in [-0.2, -0.15) is 0 Å². The lowest BCUT2D eigenvalue weighted by atomic mass is 9.97. The molecule has 2 N–H and O–H groups in total. The maximum absolute atomic E-state index is 12.4. The van der Waals surface area contributed by atoms with Gasteiger partial charge in [0.05, 0.1) is 19.7 Å². The number of rotatable bonds is 4. The summed E-state index contributed by atoms with van der Waals surface area (Å²) in [5, 5.41) is 2.63. The number of imide groups is 1. The molecule has 2 rings (SSSR count). The molecule has 0 aromatic rings. The number of quaternary nitrogens is 1. The second-order valence-corrected chi connectivity index (χ2v) is 5.65. The van der Waals surface area contributed by atoms with E-state index in [1.54, 1.807) is 6.92 Å². The van der Waals surface area contributed by atoms with E-state index in [0.29, 0.717) is 26.2 Å². The Labute approximate surface area is 124 Å². The summed E-state index contributed by atoms with van der Waals surface area (Å²) in [7, 11) is 0. The summed E-state index contributed by atoms with van der Waals surface area (Å²) in [6.45, 7) is 6.39. The molecule has 0 aromatic carbocycles. The van der Waals surface area contributed by atoms with Gasteiger partial charge in [0.15, 0.2) is 6.04 Å². The molecule has 118 valence electrons. The Balaban J connectivity index is 1.95. The molecule has 1 unspecified atom stereocenters. The van der Waals surface area contributed by atoms with Crippen LogP contribution < -0.4 is 10.2 Å². The van der Waals surface area contributed by atoms with Crippen molar-refractivity contribution >= 4 is 17.9 Å². The molecule has 0 radical (unpaired) electrons. The van der Waals surface area contributed by atoms with Gasteiger partial charge >= 0.3 is 12.0 Å². The van der Waals surface area contributed by atoms with E-state index in [1.165, 1.54) is 4.90 Å². The van der Waals surface area contributed by atoms with Gasteiger partial charge in [0.1, 0.15) is 5.92 Å². The fourth-order valence-corrected chi connectivity index (χ4v) is 3.04. The highest BCUT2D eigenvalue weighted by Gasteiger charge is 2.38. The van der Waals surface area contributed by atoms with Gasteiger partial charge in [-0.05, 0) is 26.7 Å². The van der Waals surface area contributed by atoms with Gasteiger partial charge in [-0.3, -0.25) is 14.5 Å². The summed E-state index contributed by atoms with van der Waals surface area (Å²) in [5.41, 5.74) is 0. The highest BCUT2D eigenvalue weighted by molar-refractivity contribution is 5.97. The molecule has 21 heavy (non-hydrogen) atoms. The summed E-state index contributed by atoms with van der Waals surface area (Å²) >= 11 is 0. The Morgan fingerprint density at radius 3 is 2.90 bits per heavy atom. The fraction of sp³-hybridized carbons (Fsp3) is 0.786. The van der Waals surface area contributed by atoms with E-state index in [1.807, 2.05) is 6.92 Å². The van der Waals surface area contributed by atoms with Crippen LogP contribution in [0.1, 0.15) is 26.7 Å². The van der Waals surface area contributed by atoms with Gasteiger partial charge in [-0.1, -0.05) is 0 Å². The minimum Gasteiger partial charge on any atom is -0.466 e. The van der Waals surface area contributed by atoms with E-state index in [2.05, 4.69) is 5.32 Å². The maximum atomic E-state index is 12.4. The van der Waals surface area contributed by atoms with Crippen molar-refractivity contribution < 1.29 is 24.0 Å². The molecule has 2 fully saturated rings. The van der Waals surface area contributed by atoms with Gasteiger partial charge in [0.2, 0.25) is 0 Å². The molecule has 0 aliphatic carbocycles. The Kier molecular flexibility index (Phi) is 5.17. The molecular weight excluding hydrogens is 274 g/mol. The summed E-state index contributed by atoms with van der Waals surface area (Å²) in [6.07, 6.45) is 1.70. The van der Waals surface area contributed by atoms with E-state index < -0.39 is 0 Å². The highest BCUT2D eigenvalue weighted by Crippen LogP contribution is 2.10. The maximum Gasteiger partial charge on any atom is 0.324 e. The predicted molar refractivity (Wildman–Crippen MR) is 74.6 cm³/mol. The van der Waals surface area contributed by atoms with Crippen LogP contribution in [0.4, 0.5) is 4.79 Å². The molecule has 0 spiro atoms. The summed E-state index contributed by atoms with van der Waals surface area (Å²) < 4.78 is 5.08. The third-order valence-corrected chi connectivity index (χ3v) is 4.28. The minimum absolute atomic E-state index is 0.142. The first-order valence-electron chi connectivity index (χ1n) is 7.65. The van der Waals surface area contributed by atoms with Gasteiger partial charge < -0.3 is 15.0 Å². The molecule has 0 bridgehead atoms. The molecule has 7 nitrogen and oxygen atoms in total. The fourth-order valence-electron chi connectivity index (χ4n) is 3.04. The zero-order valence-electron chi connectivity index (χ0n) is 12.7. The zero-order valence-corrected chi connectivity index (χ0v) is 12.7. The minimum atomic E-state index is -0.315. The highest BCUT2D eigenvalue weighted by atomic mass is 16.5. The number of esters is 1. The lowest BCUT2D eigenvalue weighted by molar-refractivity contribution is -0.921. The number of carbonyl (C=O) groups excluding carboxylic acids is 3. The number of carbonyl (C=O) groups is 3. The SMILES string of the molecule is CCOC(=O)[C@@H]1CCC[NH+]([C@@H](C)C(=O)N2CCNC2=O)C1. The standard InChI is InChI=1S/C14H23N3O4/c1-3-21-13(19)11-5-4-7-16(9-11)10(2)12(18)17-8-6-15-14(17)20/h10-11H,3-9H2,1-2H3,(H,15,20)/p+1/t10-,11+/m0/s1. The van der Waals surface area contributed by atoms with Crippen LogP contribution in [0, 0.1) is 5.92 Å². The second-order valence-electron chi connectivity index (χ2n) is 5.65. The van der Waals surface area contributed by atoms with Crippen LogP contribution >= 0.6 is 0 Å². The first kappa shape index (κ1) is 15.8. The summed E-state index contributed by atoms with van der Waals surface area (Å²) in [5.74, 6) is -0.478. The van der Waals surface area contributed by atoms with Gasteiger partial charge in [-0.15, -0.1) is 0 Å². The molecule has 3 atom stereocenters. The third kappa shape index (κ3) is 3.53. The molecule has 0 saturated carbocycles. The van der Waals surface area contributed by atoms with Crippen molar-refractivity contribution in [1.29, 1.82) is 0 Å². The third-order valence-electron chi connectivity index (χ3n) is 4.28. The quantitative estimate of drug-likeness (QED) is 0.638. The molecule has 2 aliphatic heterocycles. The Hall–Kier alpha value is -1.63. The van der Waals surface area contributed by atoms with Crippen LogP contribution in [0.5, 0.6) is 0 Å². The number of hydrogen-bond acceptors (Lipinski definition) is 4. The van der Waals surface area contributed by atoms with Crippen LogP contribution in [-0.4, -0.2) is 61.6 Å². The normalized spacial score (nSPS) is 27.1. The smallest absolute Gasteiger partial charge is 0.324 e. The molecule has 3 amide bonds. The molecule has 2 heterocycles. The first-order chi connectivity index (χ1) is 10.0. The average molecular weight is 298 g/mol. The number of likely N-dealkylation sites (tertiary alicyclic amines) is 1. The molecule has 2 saturated heterocycles. The number of nitrogens with zero attached hydrogens (tertiary/aromatic N) is 1.